The van der Waals surface area contributed by atoms with Crippen LogP contribution < -0.4 is 10.2 Å². The zero-order valence-electron chi connectivity index (χ0n) is 17.1. The molecule has 0 radical (unpaired) electrons. The van der Waals surface area contributed by atoms with Gasteiger partial charge < -0.3 is 15.0 Å². The second-order valence-corrected chi connectivity index (χ2v) is 7.68. The van der Waals surface area contributed by atoms with Gasteiger partial charge in [-0.25, -0.2) is 13.5 Å². The highest BCUT2D eigenvalue weighted by molar-refractivity contribution is 5.64. The molecule has 1 saturated heterocycles. The van der Waals surface area contributed by atoms with Crippen LogP contribution in [-0.2, 0) is 4.74 Å². The van der Waals surface area contributed by atoms with Crippen molar-refractivity contribution in [3.8, 4) is 5.69 Å². The Labute approximate surface area is 174 Å². The standard InChI is InChI=1S/C22H25F2N5O/c1-15-9-17(11-19(10-15)28-7-5-16(6-8-28)13-30-2)26-22-25-14-29(27-22)18-3-4-20(23)21(24)12-18/h3-4,9-12,14,16H,5-8,13H2,1-2H3,(H,26,27). The van der Waals surface area contributed by atoms with Crippen molar-refractivity contribution in [1.82, 2.24) is 14.8 Å². The lowest BCUT2D eigenvalue weighted by Crippen LogP contribution is -2.35. The number of aryl methyl sites for hydroxylation is 1. The zero-order chi connectivity index (χ0) is 21.1. The Morgan fingerprint density at radius 2 is 1.87 bits per heavy atom. The Balaban J connectivity index is 1.48. The van der Waals surface area contributed by atoms with E-state index in [4.69, 9.17) is 4.74 Å². The minimum atomic E-state index is -0.921. The Bertz CT molecular complexity index is 1010. The Morgan fingerprint density at radius 3 is 2.60 bits per heavy atom. The fourth-order valence-corrected chi connectivity index (χ4v) is 3.81. The molecular weight excluding hydrogens is 388 g/mol. The highest BCUT2D eigenvalue weighted by atomic mass is 19.2. The number of aromatic nitrogens is 3. The quantitative estimate of drug-likeness (QED) is 0.647. The third kappa shape index (κ3) is 4.59. The Hall–Kier alpha value is -3.00. The van der Waals surface area contributed by atoms with Crippen molar-refractivity contribution in [2.45, 2.75) is 19.8 Å². The number of nitrogens with zero attached hydrogens (tertiary/aromatic N) is 4. The molecule has 0 atom stereocenters. The number of ether oxygens (including phenoxy) is 1. The fourth-order valence-electron chi connectivity index (χ4n) is 3.81. The first kappa shape index (κ1) is 20.3. The minimum Gasteiger partial charge on any atom is -0.384 e. The summed E-state index contributed by atoms with van der Waals surface area (Å²) in [6.07, 6.45) is 3.70. The van der Waals surface area contributed by atoms with E-state index in [0.29, 0.717) is 17.6 Å². The number of hydrogen-bond acceptors (Lipinski definition) is 5. The monoisotopic (exact) mass is 413 g/mol. The number of hydrogen-bond donors (Lipinski definition) is 1. The van der Waals surface area contributed by atoms with Crippen molar-refractivity contribution in [3.63, 3.8) is 0 Å². The van der Waals surface area contributed by atoms with Gasteiger partial charge in [0.15, 0.2) is 11.6 Å². The van der Waals surface area contributed by atoms with Crippen molar-refractivity contribution in [2.75, 3.05) is 37.0 Å². The fraction of sp³-hybridized carbons (Fsp3) is 0.364. The molecule has 0 bridgehead atoms. The molecule has 8 heteroatoms. The van der Waals surface area contributed by atoms with E-state index in [0.717, 1.165) is 61.6 Å². The Morgan fingerprint density at radius 1 is 1.07 bits per heavy atom. The molecule has 1 aliphatic rings. The second-order valence-electron chi connectivity index (χ2n) is 7.68. The largest absolute Gasteiger partial charge is 0.384 e. The highest BCUT2D eigenvalue weighted by Crippen LogP contribution is 2.28. The van der Waals surface area contributed by atoms with E-state index in [-0.39, 0.29) is 0 Å². The summed E-state index contributed by atoms with van der Waals surface area (Å²) in [7, 11) is 1.76. The van der Waals surface area contributed by atoms with E-state index in [1.54, 1.807) is 7.11 Å². The molecule has 2 aromatic carbocycles. The molecule has 1 fully saturated rings. The molecule has 0 unspecified atom stereocenters. The van der Waals surface area contributed by atoms with Gasteiger partial charge in [-0.05, 0) is 61.6 Å². The molecule has 158 valence electrons. The van der Waals surface area contributed by atoms with Crippen LogP contribution in [0.1, 0.15) is 18.4 Å². The first-order valence-electron chi connectivity index (χ1n) is 10.0. The molecule has 30 heavy (non-hydrogen) atoms. The molecule has 0 aliphatic carbocycles. The second kappa shape index (κ2) is 8.79. The number of methoxy groups -OCH3 is 1. The summed E-state index contributed by atoms with van der Waals surface area (Å²) in [4.78, 5) is 6.63. The Kier molecular flexibility index (Phi) is 5.94. The summed E-state index contributed by atoms with van der Waals surface area (Å²) in [5, 5.41) is 7.54. The lowest BCUT2D eigenvalue weighted by molar-refractivity contribution is 0.139. The summed E-state index contributed by atoms with van der Waals surface area (Å²) >= 11 is 0. The summed E-state index contributed by atoms with van der Waals surface area (Å²) in [6.45, 7) is 4.88. The van der Waals surface area contributed by atoms with Crippen molar-refractivity contribution < 1.29 is 13.5 Å². The first-order valence-corrected chi connectivity index (χ1v) is 10.0. The van der Waals surface area contributed by atoms with Gasteiger partial charge in [0.25, 0.3) is 0 Å². The van der Waals surface area contributed by atoms with Gasteiger partial charge in [0, 0.05) is 44.2 Å². The van der Waals surface area contributed by atoms with E-state index >= 15 is 0 Å². The van der Waals surface area contributed by atoms with Crippen LogP contribution in [0.25, 0.3) is 5.69 Å². The molecule has 0 saturated carbocycles. The number of halogens is 2. The van der Waals surface area contributed by atoms with Crippen LogP contribution in [0, 0.1) is 24.5 Å². The number of piperidine rings is 1. The van der Waals surface area contributed by atoms with E-state index in [2.05, 4.69) is 39.4 Å². The average molecular weight is 413 g/mol. The van der Waals surface area contributed by atoms with Crippen LogP contribution in [0.5, 0.6) is 0 Å². The molecule has 1 N–H and O–H groups in total. The average Bonchev–Trinajstić information content (AvgIpc) is 3.19. The number of benzene rings is 2. The van der Waals surface area contributed by atoms with Crippen molar-refractivity contribution in [2.24, 2.45) is 5.92 Å². The van der Waals surface area contributed by atoms with E-state index in [1.807, 2.05) is 6.07 Å². The van der Waals surface area contributed by atoms with Gasteiger partial charge in [-0.2, -0.15) is 4.98 Å². The van der Waals surface area contributed by atoms with Crippen molar-refractivity contribution >= 4 is 17.3 Å². The third-order valence-corrected chi connectivity index (χ3v) is 5.36. The van der Waals surface area contributed by atoms with Gasteiger partial charge in [0.2, 0.25) is 5.95 Å². The number of rotatable bonds is 6. The normalized spacial score (nSPS) is 14.9. The predicted molar refractivity (Wildman–Crippen MR) is 113 cm³/mol. The third-order valence-electron chi connectivity index (χ3n) is 5.36. The van der Waals surface area contributed by atoms with Crippen LogP contribution in [0.2, 0.25) is 0 Å². The smallest absolute Gasteiger partial charge is 0.246 e. The zero-order valence-corrected chi connectivity index (χ0v) is 17.1. The topological polar surface area (TPSA) is 55.2 Å². The number of anilines is 3. The number of nitrogens with one attached hydrogen (secondary N) is 1. The molecule has 1 aliphatic heterocycles. The summed E-state index contributed by atoms with van der Waals surface area (Å²) in [5.74, 6) is -0.806. The molecular formula is C22H25F2N5O. The molecule has 3 aromatic rings. The van der Waals surface area contributed by atoms with Crippen LogP contribution >= 0.6 is 0 Å². The van der Waals surface area contributed by atoms with Gasteiger partial charge in [-0.15, -0.1) is 5.10 Å². The van der Waals surface area contributed by atoms with Crippen LogP contribution in [0.15, 0.2) is 42.7 Å². The van der Waals surface area contributed by atoms with Gasteiger partial charge in [-0.1, -0.05) is 0 Å². The predicted octanol–water partition coefficient (Wildman–Crippen LogP) is 4.46. The molecule has 2 heterocycles. The highest BCUT2D eigenvalue weighted by Gasteiger charge is 2.20. The van der Waals surface area contributed by atoms with Crippen LogP contribution in [0.4, 0.5) is 26.1 Å². The summed E-state index contributed by atoms with van der Waals surface area (Å²) in [5.41, 5.74) is 3.58. The molecule has 6 nitrogen and oxygen atoms in total. The van der Waals surface area contributed by atoms with Crippen molar-refractivity contribution in [1.29, 1.82) is 0 Å². The maximum absolute atomic E-state index is 13.5. The first-order chi connectivity index (χ1) is 14.5. The van der Waals surface area contributed by atoms with Crippen molar-refractivity contribution in [3.05, 3.63) is 59.9 Å². The molecule has 0 spiro atoms. The van der Waals surface area contributed by atoms with Gasteiger partial charge in [-0.3, -0.25) is 0 Å². The van der Waals surface area contributed by atoms with Crippen LogP contribution in [0.3, 0.4) is 0 Å². The van der Waals surface area contributed by atoms with Gasteiger partial charge in [0.05, 0.1) is 5.69 Å². The SMILES string of the molecule is COCC1CCN(c2cc(C)cc(Nc3ncn(-c4ccc(F)c(F)c4)n3)c2)CC1. The van der Waals surface area contributed by atoms with Crippen LogP contribution in [-0.4, -0.2) is 41.6 Å². The summed E-state index contributed by atoms with van der Waals surface area (Å²) < 4.78 is 33.3. The lowest BCUT2D eigenvalue weighted by Gasteiger charge is -2.33. The molecule has 1 aromatic heterocycles. The maximum atomic E-state index is 13.5. The van der Waals surface area contributed by atoms with E-state index in [1.165, 1.54) is 17.1 Å². The van der Waals surface area contributed by atoms with E-state index < -0.39 is 11.6 Å². The maximum Gasteiger partial charge on any atom is 0.246 e. The summed E-state index contributed by atoms with van der Waals surface area (Å²) in [6, 6.07) is 9.90. The lowest BCUT2D eigenvalue weighted by atomic mass is 9.97. The molecule has 0 amide bonds. The minimum absolute atomic E-state index is 0.384. The molecule has 4 rings (SSSR count). The van der Waals surface area contributed by atoms with E-state index in [9.17, 15) is 8.78 Å². The van der Waals surface area contributed by atoms with Gasteiger partial charge >= 0.3 is 0 Å². The van der Waals surface area contributed by atoms with Gasteiger partial charge in [0.1, 0.15) is 6.33 Å².